The third-order valence-electron chi connectivity index (χ3n) is 3.89. The van der Waals surface area contributed by atoms with E-state index in [0.29, 0.717) is 12.8 Å². The van der Waals surface area contributed by atoms with Gasteiger partial charge in [0.25, 0.3) is 0 Å². The van der Waals surface area contributed by atoms with E-state index in [2.05, 4.69) is 10.4 Å². The molecule has 0 aromatic carbocycles. The SMILES string of the molecule is O=C(CCn1cc([N+](=O)[O-])cn1)NC1(C(=O)O)CCCCC1. The predicted molar refractivity (Wildman–Crippen MR) is 75.1 cm³/mol. The average molecular weight is 310 g/mol. The van der Waals surface area contributed by atoms with E-state index in [1.54, 1.807) is 0 Å². The number of carbonyl (C=O) groups excluding carboxylic acids is 1. The van der Waals surface area contributed by atoms with Gasteiger partial charge >= 0.3 is 11.7 Å². The fourth-order valence-electron chi connectivity index (χ4n) is 2.66. The third kappa shape index (κ3) is 3.60. The molecule has 0 unspecified atom stereocenters. The summed E-state index contributed by atoms with van der Waals surface area (Å²) < 4.78 is 1.30. The summed E-state index contributed by atoms with van der Waals surface area (Å²) in [6.07, 6.45) is 5.76. The first-order valence-electron chi connectivity index (χ1n) is 7.14. The van der Waals surface area contributed by atoms with Crippen LogP contribution in [0.25, 0.3) is 0 Å². The molecule has 9 heteroatoms. The Hall–Kier alpha value is -2.45. The molecule has 0 atom stereocenters. The number of amides is 1. The first-order valence-corrected chi connectivity index (χ1v) is 7.14. The van der Waals surface area contributed by atoms with Crippen molar-refractivity contribution in [2.45, 2.75) is 50.6 Å². The first-order chi connectivity index (χ1) is 10.4. The van der Waals surface area contributed by atoms with Gasteiger partial charge in [0.15, 0.2) is 0 Å². The molecule has 0 aliphatic heterocycles. The predicted octanol–water partition coefficient (Wildman–Crippen LogP) is 1.09. The van der Waals surface area contributed by atoms with Crippen molar-refractivity contribution < 1.29 is 19.6 Å². The minimum atomic E-state index is -1.18. The summed E-state index contributed by atoms with van der Waals surface area (Å²) in [4.78, 5) is 33.4. The van der Waals surface area contributed by atoms with E-state index in [9.17, 15) is 24.8 Å². The number of aliphatic carboxylic acids is 1. The highest BCUT2D eigenvalue weighted by molar-refractivity contribution is 5.87. The Balaban J connectivity index is 1.91. The average Bonchev–Trinajstić information content (AvgIpc) is 2.95. The van der Waals surface area contributed by atoms with E-state index >= 15 is 0 Å². The number of aromatic nitrogens is 2. The number of aryl methyl sites for hydroxylation is 1. The molecule has 120 valence electrons. The Labute approximate surface area is 126 Å². The van der Waals surface area contributed by atoms with Gasteiger partial charge in [-0.05, 0) is 12.8 Å². The van der Waals surface area contributed by atoms with Gasteiger partial charge in [-0.2, -0.15) is 5.10 Å². The van der Waals surface area contributed by atoms with Crippen LogP contribution in [0.3, 0.4) is 0 Å². The van der Waals surface area contributed by atoms with E-state index in [-0.39, 0.29) is 24.6 Å². The fraction of sp³-hybridized carbons (Fsp3) is 0.615. The lowest BCUT2D eigenvalue weighted by Gasteiger charge is -2.34. The Morgan fingerprint density at radius 2 is 2.09 bits per heavy atom. The van der Waals surface area contributed by atoms with Gasteiger partial charge in [-0.15, -0.1) is 0 Å². The molecule has 9 nitrogen and oxygen atoms in total. The number of rotatable bonds is 6. The summed E-state index contributed by atoms with van der Waals surface area (Å²) in [5, 5.41) is 26.3. The molecule has 2 rings (SSSR count). The second-order valence-corrected chi connectivity index (χ2v) is 5.46. The molecule has 2 N–H and O–H groups in total. The maximum Gasteiger partial charge on any atom is 0.329 e. The van der Waals surface area contributed by atoms with E-state index in [0.717, 1.165) is 25.5 Å². The molecule has 0 radical (unpaired) electrons. The number of hydrogen-bond acceptors (Lipinski definition) is 5. The van der Waals surface area contributed by atoms with E-state index in [4.69, 9.17) is 0 Å². The Morgan fingerprint density at radius 3 is 2.64 bits per heavy atom. The highest BCUT2D eigenvalue weighted by Gasteiger charge is 2.40. The van der Waals surface area contributed by atoms with Crippen LogP contribution in [-0.4, -0.2) is 37.2 Å². The molecule has 0 spiro atoms. The van der Waals surface area contributed by atoms with Crippen LogP contribution in [0.5, 0.6) is 0 Å². The summed E-state index contributed by atoms with van der Waals surface area (Å²) in [5.74, 6) is -1.39. The summed E-state index contributed by atoms with van der Waals surface area (Å²) in [6.45, 7) is 0.162. The molecule has 1 aliphatic rings. The normalized spacial score (nSPS) is 16.9. The zero-order valence-corrected chi connectivity index (χ0v) is 12.0. The van der Waals surface area contributed by atoms with Gasteiger partial charge < -0.3 is 10.4 Å². The Kier molecular flexibility index (Phi) is 4.74. The van der Waals surface area contributed by atoms with E-state index in [1.165, 1.54) is 10.9 Å². The number of hydrogen-bond donors (Lipinski definition) is 2. The maximum absolute atomic E-state index is 12.0. The highest BCUT2D eigenvalue weighted by Crippen LogP contribution is 2.28. The lowest BCUT2D eigenvalue weighted by atomic mass is 9.81. The van der Waals surface area contributed by atoms with Crippen LogP contribution in [0.1, 0.15) is 38.5 Å². The Morgan fingerprint density at radius 1 is 1.41 bits per heavy atom. The van der Waals surface area contributed by atoms with Gasteiger partial charge in [-0.25, -0.2) is 4.79 Å². The minimum absolute atomic E-state index is 0.0217. The molecule has 1 heterocycles. The van der Waals surface area contributed by atoms with Crippen LogP contribution in [0.15, 0.2) is 12.4 Å². The highest BCUT2D eigenvalue weighted by atomic mass is 16.6. The van der Waals surface area contributed by atoms with Crippen LogP contribution in [0.4, 0.5) is 5.69 Å². The third-order valence-corrected chi connectivity index (χ3v) is 3.89. The van der Waals surface area contributed by atoms with Crippen molar-refractivity contribution >= 4 is 17.6 Å². The molecule has 0 saturated heterocycles. The van der Waals surface area contributed by atoms with Crippen LogP contribution in [-0.2, 0) is 16.1 Å². The summed E-state index contributed by atoms with van der Waals surface area (Å²) in [7, 11) is 0. The smallest absolute Gasteiger partial charge is 0.329 e. The molecule has 1 aliphatic carbocycles. The van der Waals surface area contributed by atoms with Crippen LogP contribution in [0.2, 0.25) is 0 Å². The van der Waals surface area contributed by atoms with Crippen molar-refractivity contribution in [2.24, 2.45) is 0 Å². The van der Waals surface area contributed by atoms with Gasteiger partial charge in [-0.3, -0.25) is 19.6 Å². The van der Waals surface area contributed by atoms with Crippen molar-refractivity contribution in [3.05, 3.63) is 22.5 Å². The largest absolute Gasteiger partial charge is 0.480 e. The summed E-state index contributed by atoms with van der Waals surface area (Å²) in [6, 6.07) is 0. The molecule has 1 aromatic heterocycles. The number of nitrogens with zero attached hydrogens (tertiary/aromatic N) is 3. The molecular weight excluding hydrogens is 292 g/mol. The molecule has 22 heavy (non-hydrogen) atoms. The van der Waals surface area contributed by atoms with Gasteiger partial charge in [-0.1, -0.05) is 19.3 Å². The second-order valence-electron chi connectivity index (χ2n) is 5.46. The van der Waals surface area contributed by atoms with Crippen LogP contribution < -0.4 is 5.32 Å². The molecule has 1 saturated carbocycles. The lowest BCUT2D eigenvalue weighted by molar-refractivity contribution is -0.385. The van der Waals surface area contributed by atoms with E-state index < -0.39 is 16.4 Å². The maximum atomic E-state index is 12.0. The topological polar surface area (TPSA) is 127 Å². The van der Waals surface area contributed by atoms with Gasteiger partial charge in [0.05, 0.1) is 4.92 Å². The fourth-order valence-corrected chi connectivity index (χ4v) is 2.66. The first kappa shape index (κ1) is 15.9. The lowest BCUT2D eigenvalue weighted by Crippen LogP contribution is -2.55. The molecule has 1 amide bonds. The van der Waals surface area contributed by atoms with E-state index in [1.807, 2.05) is 0 Å². The molecule has 1 aromatic rings. The minimum Gasteiger partial charge on any atom is -0.480 e. The number of nitrogens with one attached hydrogen (secondary N) is 1. The molecule has 0 bridgehead atoms. The molecule has 1 fully saturated rings. The van der Waals surface area contributed by atoms with Crippen LogP contribution >= 0.6 is 0 Å². The van der Waals surface area contributed by atoms with Gasteiger partial charge in [0.1, 0.15) is 17.9 Å². The second kappa shape index (κ2) is 6.54. The summed E-state index contributed by atoms with van der Waals surface area (Å²) >= 11 is 0. The van der Waals surface area contributed by atoms with Crippen molar-refractivity contribution in [1.29, 1.82) is 0 Å². The quantitative estimate of drug-likeness (QED) is 0.598. The number of carboxylic acid groups (broad SMARTS) is 1. The zero-order valence-electron chi connectivity index (χ0n) is 12.0. The monoisotopic (exact) mass is 310 g/mol. The van der Waals surface area contributed by atoms with Crippen molar-refractivity contribution in [1.82, 2.24) is 15.1 Å². The van der Waals surface area contributed by atoms with Crippen molar-refractivity contribution in [3.8, 4) is 0 Å². The van der Waals surface area contributed by atoms with Crippen LogP contribution in [0, 0.1) is 10.1 Å². The number of nitro groups is 1. The summed E-state index contributed by atoms with van der Waals surface area (Å²) in [5.41, 5.74) is -1.32. The van der Waals surface area contributed by atoms with Crippen molar-refractivity contribution in [2.75, 3.05) is 0 Å². The van der Waals surface area contributed by atoms with Crippen molar-refractivity contribution in [3.63, 3.8) is 0 Å². The standard InChI is InChI=1S/C13H18N4O5/c18-11(4-7-16-9-10(8-14-16)17(21)22)15-13(12(19)20)5-2-1-3-6-13/h8-9H,1-7H2,(H,15,18)(H,19,20). The van der Waals surface area contributed by atoms with Gasteiger partial charge in [0.2, 0.25) is 5.91 Å². The van der Waals surface area contributed by atoms with Gasteiger partial charge in [0, 0.05) is 13.0 Å². The molecular formula is C13H18N4O5. The number of carboxylic acids is 1. The zero-order chi connectivity index (χ0) is 16.2. The number of carbonyl (C=O) groups is 2. The Bertz CT molecular complexity index is 577.